The highest BCUT2D eigenvalue weighted by Gasteiger charge is 2.58. The number of guanidine groups is 1. The number of carbonyl (C=O) groups is 2. The quantitative estimate of drug-likeness (QED) is 0.328. The lowest BCUT2D eigenvalue weighted by Crippen LogP contribution is -2.44. The van der Waals surface area contributed by atoms with Gasteiger partial charge in [0.25, 0.3) is 0 Å². The molecule has 2 aliphatic carbocycles. The van der Waals surface area contributed by atoms with Gasteiger partial charge >= 0.3 is 0 Å². The molecule has 2 aromatic carbocycles. The average molecular weight is 417 g/mol. The van der Waals surface area contributed by atoms with Crippen molar-refractivity contribution in [1.82, 2.24) is 15.5 Å². The Bertz CT molecular complexity index is 1050. The first kappa shape index (κ1) is 19.8. The van der Waals surface area contributed by atoms with Crippen molar-refractivity contribution in [3.8, 4) is 0 Å². The number of likely N-dealkylation sites (tertiary alicyclic amines) is 1. The van der Waals surface area contributed by atoms with Crippen LogP contribution in [0.3, 0.4) is 0 Å². The number of hydrogen-bond donors (Lipinski definition) is 2. The van der Waals surface area contributed by atoms with Crippen LogP contribution in [-0.4, -0.2) is 49.4 Å². The Kier molecular flexibility index (Phi) is 5.22. The van der Waals surface area contributed by atoms with Crippen molar-refractivity contribution in [2.45, 2.75) is 12.8 Å². The summed E-state index contributed by atoms with van der Waals surface area (Å²) in [4.78, 5) is 31.2. The number of amides is 2. The van der Waals surface area contributed by atoms with E-state index in [1.54, 1.807) is 7.05 Å². The molecule has 2 aromatic rings. The highest BCUT2D eigenvalue weighted by atomic mass is 16.2. The van der Waals surface area contributed by atoms with Crippen molar-refractivity contribution >= 4 is 28.5 Å². The SMILES string of the molecule is CN=C(NCCc1ccc2ccccc2c1)NCCN1C(=O)C2C3C=CC(C3)C2C1=O. The van der Waals surface area contributed by atoms with Gasteiger partial charge < -0.3 is 10.6 Å². The first-order chi connectivity index (χ1) is 15.2. The summed E-state index contributed by atoms with van der Waals surface area (Å²) in [7, 11) is 1.73. The van der Waals surface area contributed by atoms with Crippen LogP contribution in [0.15, 0.2) is 59.6 Å². The maximum Gasteiger partial charge on any atom is 0.233 e. The molecule has 2 N–H and O–H groups in total. The van der Waals surface area contributed by atoms with Crippen molar-refractivity contribution in [3.63, 3.8) is 0 Å². The van der Waals surface area contributed by atoms with Gasteiger partial charge in [-0.3, -0.25) is 19.5 Å². The van der Waals surface area contributed by atoms with E-state index in [-0.39, 0.29) is 35.5 Å². The van der Waals surface area contributed by atoms with Gasteiger partial charge in [-0.1, -0.05) is 54.6 Å². The summed E-state index contributed by atoms with van der Waals surface area (Å²) in [6.45, 7) is 1.63. The number of hydrogen-bond acceptors (Lipinski definition) is 3. The average Bonchev–Trinajstić information content (AvgIpc) is 3.47. The maximum absolute atomic E-state index is 12.8. The van der Waals surface area contributed by atoms with Gasteiger partial charge in [-0.15, -0.1) is 0 Å². The molecule has 0 spiro atoms. The second-order valence-electron chi connectivity index (χ2n) is 8.69. The molecule has 0 radical (unpaired) electrons. The van der Waals surface area contributed by atoms with E-state index in [0.29, 0.717) is 19.0 Å². The first-order valence-electron chi connectivity index (χ1n) is 11.1. The fourth-order valence-corrected chi connectivity index (χ4v) is 5.41. The number of aliphatic imine (C=N–C) groups is 1. The number of allylic oxidation sites excluding steroid dienone is 2. The molecular formula is C25H28N4O2. The topological polar surface area (TPSA) is 73.8 Å². The molecular weight excluding hydrogens is 388 g/mol. The van der Waals surface area contributed by atoms with E-state index in [9.17, 15) is 9.59 Å². The van der Waals surface area contributed by atoms with Crippen molar-refractivity contribution < 1.29 is 9.59 Å². The molecule has 1 heterocycles. The lowest BCUT2D eigenvalue weighted by atomic mass is 9.85. The Morgan fingerprint density at radius 1 is 0.968 bits per heavy atom. The highest BCUT2D eigenvalue weighted by Crippen LogP contribution is 2.52. The molecule has 4 atom stereocenters. The number of carbonyl (C=O) groups excluding carboxylic acids is 2. The number of fused-ring (bicyclic) bond motifs is 6. The summed E-state index contributed by atoms with van der Waals surface area (Å²) < 4.78 is 0. The minimum absolute atomic E-state index is 0.00732. The number of imide groups is 1. The maximum atomic E-state index is 12.8. The lowest BCUT2D eigenvalue weighted by molar-refractivity contribution is -0.140. The monoisotopic (exact) mass is 416 g/mol. The van der Waals surface area contributed by atoms with E-state index in [2.05, 4.69) is 70.2 Å². The largest absolute Gasteiger partial charge is 0.356 e. The minimum atomic E-state index is -0.123. The van der Waals surface area contributed by atoms with Gasteiger partial charge in [0, 0.05) is 26.7 Å². The van der Waals surface area contributed by atoms with E-state index in [4.69, 9.17) is 0 Å². The second-order valence-corrected chi connectivity index (χ2v) is 8.69. The molecule has 5 rings (SSSR count). The zero-order valence-corrected chi connectivity index (χ0v) is 17.8. The van der Waals surface area contributed by atoms with Crippen LogP contribution < -0.4 is 10.6 Å². The Morgan fingerprint density at radius 3 is 2.35 bits per heavy atom. The molecule has 0 aromatic heterocycles. The van der Waals surface area contributed by atoms with Gasteiger partial charge in [-0.2, -0.15) is 0 Å². The van der Waals surface area contributed by atoms with Gasteiger partial charge in [-0.25, -0.2) is 0 Å². The molecule has 2 bridgehead atoms. The molecule has 6 nitrogen and oxygen atoms in total. The van der Waals surface area contributed by atoms with Gasteiger partial charge in [-0.05, 0) is 41.0 Å². The molecule has 2 fully saturated rings. The summed E-state index contributed by atoms with van der Waals surface area (Å²) in [6.07, 6.45) is 6.10. The minimum Gasteiger partial charge on any atom is -0.356 e. The van der Waals surface area contributed by atoms with Crippen LogP contribution in [0.1, 0.15) is 12.0 Å². The molecule has 160 valence electrons. The van der Waals surface area contributed by atoms with Crippen molar-refractivity contribution in [2.75, 3.05) is 26.7 Å². The van der Waals surface area contributed by atoms with E-state index in [1.165, 1.54) is 21.2 Å². The molecule has 31 heavy (non-hydrogen) atoms. The van der Waals surface area contributed by atoms with Gasteiger partial charge in [0.2, 0.25) is 11.8 Å². The van der Waals surface area contributed by atoms with Crippen molar-refractivity contribution in [3.05, 3.63) is 60.2 Å². The second kappa shape index (κ2) is 8.17. The van der Waals surface area contributed by atoms with Crippen LogP contribution in [0.5, 0.6) is 0 Å². The molecule has 2 amide bonds. The standard InChI is InChI=1S/C25H28N4O2/c1-26-25(27-11-10-16-6-7-17-4-2-3-5-18(17)14-16)28-12-13-29-23(30)21-19-8-9-20(15-19)22(21)24(29)31/h2-9,14,19-22H,10-13,15H2,1H3,(H2,26,27,28). The number of nitrogens with zero attached hydrogens (tertiary/aromatic N) is 2. The van der Waals surface area contributed by atoms with Crippen molar-refractivity contribution in [1.29, 1.82) is 0 Å². The predicted molar refractivity (Wildman–Crippen MR) is 121 cm³/mol. The molecule has 1 saturated carbocycles. The number of benzene rings is 2. The fraction of sp³-hybridized carbons (Fsp3) is 0.400. The third-order valence-electron chi connectivity index (χ3n) is 6.93. The van der Waals surface area contributed by atoms with E-state index in [1.807, 2.05) is 0 Å². The smallest absolute Gasteiger partial charge is 0.233 e. The van der Waals surface area contributed by atoms with Gasteiger partial charge in [0.1, 0.15) is 0 Å². The van der Waals surface area contributed by atoms with Gasteiger partial charge in [0.15, 0.2) is 5.96 Å². The normalized spacial score (nSPS) is 26.7. The van der Waals surface area contributed by atoms with E-state index < -0.39 is 0 Å². The number of rotatable bonds is 6. The van der Waals surface area contributed by atoms with E-state index >= 15 is 0 Å². The van der Waals surface area contributed by atoms with E-state index in [0.717, 1.165) is 19.4 Å². The van der Waals surface area contributed by atoms with Crippen LogP contribution >= 0.6 is 0 Å². The molecule has 1 saturated heterocycles. The van der Waals surface area contributed by atoms with Crippen LogP contribution in [-0.2, 0) is 16.0 Å². The molecule has 4 unspecified atom stereocenters. The van der Waals surface area contributed by atoms with Gasteiger partial charge in [0.05, 0.1) is 11.8 Å². The van der Waals surface area contributed by atoms with Crippen LogP contribution in [0, 0.1) is 23.7 Å². The zero-order valence-electron chi connectivity index (χ0n) is 17.8. The highest BCUT2D eigenvalue weighted by molar-refractivity contribution is 6.06. The molecule has 3 aliphatic rings. The number of nitrogens with one attached hydrogen (secondary N) is 2. The van der Waals surface area contributed by atoms with Crippen LogP contribution in [0.4, 0.5) is 0 Å². The third-order valence-corrected chi connectivity index (χ3v) is 6.93. The van der Waals surface area contributed by atoms with Crippen molar-refractivity contribution in [2.24, 2.45) is 28.7 Å². The summed E-state index contributed by atoms with van der Waals surface area (Å²) in [5, 5.41) is 9.04. The summed E-state index contributed by atoms with van der Waals surface area (Å²) >= 11 is 0. The summed E-state index contributed by atoms with van der Waals surface area (Å²) in [6, 6.07) is 14.9. The zero-order chi connectivity index (χ0) is 21.4. The third kappa shape index (κ3) is 3.60. The Morgan fingerprint density at radius 2 is 1.65 bits per heavy atom. The first-order valence-corrected chi connectivity index (χ1v) is 11.1. The van der Waals surface area contributed by atoms with Crippen LogP contribution in [0.25, 0.3) is 10.8 Å². The Labute approximate surface area is 182 Å². The molecule has 1 aliphatic heterocycles. The predicted octanol–water partition coefficient (Wildman–Crippen LogP) is 2.35. The summed E-state index contributed by atoms with van der Waals surface area (Å²) in [5.74, 6) is 0.967. The molecule has 6 heteroatoms. The van der Waals surface area contributed by atoms with Crippen LogP contribution in [0.2, 0.25) is 0 Å². The Hall–Kier alpha value is -3.15. The Balaban J connectivity index is 1.09. The lowest BCUT2D eigenvalue weighted by Gasteiger charge is -2.18. The summed E-state index contributed by atoms with van der Waals surface area (Å²) in [5.41, 5.74) is 1.27. The fourth-order valence-electron chi connectivity index (χ4n) is 5.41.